The SMILES string of the molecule is COc1ccc(CCC(=O)N2Cc3ccccc3OC3(CCN(C)CC3)C2)cc1. The fourth-order valence-electron chi connectivity index (χ4n) is 4.27. The lowest BCUT2D eigenvalue weighted by molar-refractivity contribution is -0.135. The number of rotatable bonds is 4. The molecule has 2 aromatic rings. The molecule has 2 aliphatic rings. The Bertz CT molecular complexity index is 841. The zero-order valence-electron chi connectivity index (χ0n) is 17.4. The Hall–Kier alpha value is -2.53. The highest BCUT2D eigenvalue weighted by Gasteiger charge is 2.41. The van der Waals surface area contributed by atoms with Gasteiger partial charge in [0.2, 0.25) is 5.91 Å². The molecule has 1 saturated heterocycles. The van der Waals surface area contributed by atoms with E-state index in [1.165, 1.54) is 0 Å². The van der Waals surface area contributed by atoms with E-state index in [-0.39, 0.29) is 11.5 Å². The second-order valence-electron chi connectivity index (χ2n) is 8.29. The largest absolute Gasteiger partial charge is 0.497 e. The first-order valence-electron chi connectivity index (χ1n) is 10.4. The van der Waals surface area contributed by atoms with Gasteiger partial charge in [-0.15, -0.1) is 0 Å². The number of amides is 1. The van der Waals surface area contributed by atoms with Crippen molar-refractivity contribution < 1.29 is 14.3 Å². The van der Waals surface area contributed by atoms with Crippen molar-refractivity contribution in [2.45, 2.75) is 37.8 Å². The van der Waals surface area contributed by atoms with Crippen molar-refractivity contribution >= 4 is 5.91 Å². The molecule has 2 heterocycles. The van der Waals surface area contributed by atoms with E-state index in [0.29, 0.717) is 19.5 Å². The second-order valence-corrected chi connectivity index (χ2v) is 8.29. The maximum absolute atomic E-state index is 13.2. The van der Waals surface area contributed by atoms with Crippen LogP contribution in [0.25, 0.3) is 0 Å². The monoisotopic (exact) mass is 394 g/mol. The molecule has 0 unspecified atom stereocenters. The maximum Gasteiger partial charge on any atom is 0.223 e. The molecule has 5 nitrogen and oxygen atoms in total. The summed E-state index contributed by atoms with van der Waals surface area (Å²) < 4.78 is 11.8. The van der Waals surface area contributed by atoms with Gasteiger partial charge in [-0.05, 0) is 37.2 Å². The number of ether oxygens (including phenoxy) is 2. The third kappa shape index (κ3) is 4.56. The fourth-order valence-corrected chi connectivity index (χ4v) is 4.27. The smallest absolute Gasteiger partial charge is 0.223 e. The molecule has 2 aromatic carbocycles. The van der Waals surface area contributed by atoms with E-state index in [2.05, 4.69) is 18.0 Å². The number of fused-ring (bicyclic) bond motifs is 1. The van der Waals surface area contributed by atoms with E-state index in [1.807, 2.05) is 47.4 Å². The van der Waals surface area contributed by atoms with Crippen LogP contribution < -0.4 is 9.47 Å². The Balaban J connectivity index is 1.49. The molecule has 0 aromatic heterocycles. The molecule has 2 aliphatic heterocycles. The molecule has 4 rings (SSSR count). The van der Waals surface area contributed by atoms with E-state index in [0.717, 1.165) is 55.0 Å². The lowest BCUT2D eigenvalue weighted by Gasteiger charge is -2.41. The first-order valence-corrected chi connectivity index (χ1v) is 10.4. The quantitative estimate of drug-likeness (QED) is 0.796. The van der Waals surface area contributed by atoms with Crippen LogP contribution >= 0.6 is 0 Å². The second kappa shape index (κ2) is 8.46. The minimum Gasteiger partial charge on any atom is -0.497 e. The third-order valence-corrected chi connectivity index (χ3v) is 6.18. The molecule has 154 valence electrons. The molecular weight excluding hydrogens is 364 g/mol. The molecule has 29 heavy (non-hydrogen) atoms. The van der Waals surface area contributed by atoms with Crippen molar-refractivity contribution in [1.29, 1.82) is 0 Å². The number of hydrogen-bond donors (Lipinski definition) is 0. The van der Waals surface area contributed by atoms with Gasteiger partial charge in [0.05, 0.1) is 13.7 Å². The number of carbonyl (C=O) groups excluding carboxylic acids is 1. The van der Waals surface area contributed by atoms with Crippen molar-refractivity contribution in [3.8, 4) is 11.5 Å². The minimum atomic E-state index is -0.283. The number of nitrogens with zero attached hydrogens (tertiary/aromatic N) is 2. The first kappa shape index (κ1) is 19.8. The van der Waals surface area contributed by atoms with Crippen molar-refractivity contribution in [3.63, 3.8) is 0 Å². The van der Waals surface area contributed by atoms with E-state index in [9.17, 15) is 4.79 Å². The van der Waals surface area contributed by atoms with Crippen LogP contribution in [0, 0.1) is 0 Å². The van der Waals surface area contributed by atoms with Crippen molar-refractivity contribution in [3.05, 3.63) is 59.7 Å². The van der Waals surface area contributed by atoms with Crippen LogP contribution in [0.5, 0.6) is 11.5 Å². The molecular formula is C24H30N2O3. The Morgan fingerprint density at radius 1 is 1.10 bits per heavy atom. The van der Waals surface area contributed by atoms with Gasteiger partial charge in [-0.25, -0.2) is 0 Å². The van der Waals surface area contributed by atoms with Crippen LogP contribution in [-0.4, -0.2) is 55.1 Å². The molecule has 0 bridgehead atoms. The Morgan fingerprint density at radius 2 is 1.83 bits per heavy atom. The predicted molar refractivity (Wildman–Crippen MR) is 113 cm³/mol. The summed E-state index contributed by atoms with van der Waals surface area (Å²) in [4.78, 5) is 17.5. The number of hydrogen-bond acceptors (Lipinski definition) is 4. The van der Waals surface area contributed by atoms with Gasteiger partial charge < -0.3 is 19.3 Å². The summed E-state index contributed by atoms with van der Waals surface area (Å²) in [6.07, 6.45) is 3.13. The van der Waals surface area contributed by atoms with Gasteiger partial charge in [-0.3, -0.25) is 4.79 Å². The maximum atomic E-state index is 13.2. The molecule has 0 N–H and O–H groups in total. The Kier molecular flexibility index (Phi) is 5.76. The van der Waals surface area contributed by atoms with E-state index in [1.54, 1.807) is 7.11 Å². The third-order valence-electron chi connectivity index (χ3n) is 6.18. The zero-order chi connectivity index (χ0) is 20.3. The van der Waals surface area contributed by atoms with Crippen LogP contribution in [0.15, 0.2) is 48.5 Å². The van der Waals surface area contributed by atoms with Crippen LogP contribution in [0.4, 0.5) is 0 Å². The standard InChI is InChI=1S/C24H30N2O3/c1-25-15-13-24(14-16-25)18-26(17-20-5-3-4-6-22(20)29-24)23(27)12-9-19-7-10-21(28-2)11-8-19/h3-8,10-11H,9,12-18H2,1-2H3. The summed E-state index contributed by atoms with van der Waals surface area (Å²) >= 11 is 0. The average Bonchev–Trinajstić information content (AvgIpc) is 2.91. The van der Waals surface area contributed by atoms with Crippen LogP contribution in [0.2, 0.25) is 0 Å². The fraction of sp³-hybridized carbons (Fsp3) is 0.458. The predicted octanol–water partition coefficient (Wildman–Crippen LogP) is 3.51. The summed E-state index contributed by atoms with van der Waals surface area (Å²) in [5.41, 5.74) is 1.97. The van der Waals surface area contributed by atoms with Gasteiger partial charge in [-0.1, -0.05) is 30.3 Å². The van der Waals surface area contributed by atoms with Crippen molar-refractivity contribution in [2.75, 3.05) is 33.8 Å². The molecule has 1 spiro atoms. The zero-order valence-corrected chi connectivity index (χ0v) is 17.4. The highest BCUT2D eigenvalue weighted by atomic mass is 16.5. The highest BCUT2D eigenvalue weighted by Crippen LogP contribution is 2.35. The van der Waals surface area contributed by atoms with Crippen molar-refractivity contribution in [2.24, 2.45) is 0 Å². The van der Waals surface area contributed by atoms with Gasteiger partial charge >= 0.3 is 0 Å². The van der Waals surface area contributed by atoms with E-state index in [4.69, 9.17) is 9.47 Å². The number of benzene rings is 2. The average molecular weight is 395 g/mol. The molecule has 0 saturated carbocycles. The van der Waals surface area contributed by atoms with Gasteiger partial charge in [-0.2, -0.15) is 0 Å². The summed E-state index contributed by atoms with van der Waals surface area (Å²) in [5.74, 6) is 1.97. The van der Waals surface area contributed by atoms with Gasteiger partial charge in [0.25, 0.3) is 0 Å². The van der Waals surface area contributed by atoms with E-state index < -0.39 is 0 Å². The van der Waals surface area contributed by atoms with Gasteiger partial charge in [0.1, 0.15) is 17.1 Å². The van der Waals surface area contributed by atoms with Crippen LogP contribution in [0.1, 0.15) is 30.4 Å². The number of aryl methyl sites for hydroxylation is 1. The summed E-state index contributed by atoms with van der Waals surface area (Å²) in [6, 6.07) is 16.1. The molecule has 0 aliphatic carbocycles. The molecule has 0 radical (unpaired) electrons. The topological polar surface area (TPSA) is 42.0 Å². The first-order chi connectivity index (χ1) is 14.1. The van der Waals surface area contributed by atoms with Crippen LogP contribution in [-0.2, 0) is 17.8 Å². The van der Waals surface area contributed by atoms with E-state index >= 15 is 0 Å². The number of methoxy groups -OCH3 is 1. The minimum absolute atomic E-state index is 0.194. The Labute approximate surface area is 173 Å². The number of piperidine rings is 1. The number of para-hydroxylation sites is 1. The Morgan fingerprint density at radius 3 is 2.55 bits per heavy atom. The number of carbonyl (C=O) groups is 1. The molecule has 5 heteroatoms. The summed E-state index contributed by atoms with van der Waals surface area (Å²) in [5, 5.41) is 0. The highest BCUT2D eigenvalue weighted by molar-refractivity contribution is 5.77. The van der Waals surface area contributed by atoms with Crippen LogP contribution in [0.3, 0.4) is 0 Å². The normalized spacial score (nSPS) is 18.6. The summed E-state index contributed by atoms with van der Waals surface area (Å²) in [6.45, 7) is 3.28. The molecule has 0 atom stereocenters. The lowest BCUT2D eigenvalue weighted by atomic mass is 9.90. The van der Waals surface area contributed by atoms with Gasteiger partial charge in [0, 0.05) is 44.5 Å². The lowest BCUT2D eigenvalue weighted by Crippen LogP contribution is -2.53. The molecule has 1 amide bonds. The van der Waals surface area contributed by atoms with Gasteiger partial charge in [0.15, 0.2) is 0 Å². The molecule has 1 fully saturated rings. The number of likely N-dealkylation sites (tertiary alicyclic amines) is 1. The summed E-state index contributed by atoms with van der Waals surface area (Å²) in [7, 11) is 3.81. The van der Waals surface area contributed by atoms with Crippen molar-refractivity contribution in [1.82, 2.24) is 9.80 Å².